The van der Waals surface area contributed by atoms with Crippen LogP contribution in [0.3, 0.4) is 0 Å². The number of hydrogen-bond donors (Lipinski definition) is 2. The lowest BCUT2D eigenvalue weighted by atomic mass is 10.1. The lowest BCUT2D eigenvalue weighted by Gasteiger charge is -1.99. The van der Waals surface area contributed by atoms with Gasteiger partial charge in [-0.25, -0.2) is 4.98 Å². The normalized spacial score (nSPS) is 11.2. The number of rotatable bonds is 4. The Hall–Kier alpha value is -2.89. The van der Waals surface area contributed by atoms with Crippen LogP contribution in [0, 0.1) is 0 Å². The van der Waals surface area contributed by atoms with Gasteiger partial charge in [0, 0.05) is 23.5 Å². The lowest BCUT2D eigenvalue weighted by molar-refractivity contribution is 0.248. The second-order valence-electron chi connectivity index (χ2n) is 5.59. The summed E-state index contributed by atoms with van der Waals surface area (Å²) < 4.78 is 7.52. The smallest absolute Gasteiger partial charge is 0.137 e. The van der Waals surface area contributed by atoms with Gasteiger partial charge < -0.3 is 19.0 Å². The number of nitrogens with zero attached hydrogens (tertiary/aromatic N) is 2. The predicted octanol–water partition coefficient (Wildman–Crippen LogP) is 3.25. The van der Waals surface area contributed by atoms with Crippen molar-refractivity contribution < 1.29 is 14.6 Å². The molecule has 5 heteroatoms. The van der Waals surface area contributed by atoms with Gasteiger partial charge in [0.05, 0.1) is 12.3 Å². The fourth-order valence-electron chi connectivity index (χ4n) is 2.72. The molecule has 4 aromatic rings. The molecule has 0 aliphatic carbocycles. The zero-order chi connectivity index (χ0) is 16.5. The largest absolute Gasteiger partial charge is 0.459 e. The molecule has 0 saturated carbocycles. The highest BCUT2D eigenvalue weighted by Crippen LogP contribution is 2.25. The fraction of sp³-hybridized carbons (Fsp3) is 0.105. The zero-order valence-corrected chi connectivity index (χ0v) is 12.9. The average molecular weight is 320 g/mol. The summed E-state index contributed by atoms with van der Waals surface area (Å²) in [6.45, 7) is -0.101. The van der Waals surface area contributed by atoms with Crippen molar-refractivity contribution in [1.82, 2.24) is 9.38 Å². The predicted molar refractivity (Wildman–Crippen MR) is 90.2 cm³/mol. The fourth-order valence-corrected chi connectivity index (χ4v) is 2.72. The first-order valence-corrected chi connectivity index (χ1v) is 7.66. The van der Waals surface area contributed by atoms with Crippen molar-refractivity contribution in [2.45, 2.75) is 13.2 Å². The Morgan fingerprint density at radius 2 is 1.83 bits per heavy atom. The summed E-state index contributed by atoms with van der Waals surface area (Å²) in [7, 11) is 0. The third-order valence-corrected chi connectivity index (χ3v) is 3.96. The first-order valence-electron chi connectivity index (χ1n) is 7.66. The van der Waals surface area contributed by atoms with Crippen molar-refractivity contribution in [3.63, 3.8) is 0 Å². The first-order chi connectivity index (χ1) is 11.8. The van der Waals surface area contributed by atoms with Crippen LogP contribution < -0.4 is 0 Å². The maximum Gasteiger partial charge on any atom is 0.137 e. The summed E-state index contributed by atoms with van der Waals surface area (Å²) in [5, 5.41) is 18.4. The molecule has 0 unspecified atom stereocenters. The van der Waals surface area contributed by atoms with Gasteiger partial charge in [-0.1, -0.05) is 18.2 Å². The molecule has 0 bridgehead atoms. The van der Waals surface area contributed by atoms with Crippen molar-refractivity contribution in [1.29, 1.82) is 0 Å². The van der Waals surface area contributed by atoms with Crippen LogP contribution in [0.1, 0.15) is 11.3 Å². The van der Waals surface area contributed by atoms with E-state index >= 15 is 0 Å². The second-order valence-corrected chi connectivity index (χ2v) is 5.59. The van der Waals surface area contributed by atoms with E-state index < -0.39 is 0 Å². The van der Waals surface area contributed by atoms with Crippen LogP contribution in [0.15, 0.2) is 65.3 Å². The number of hydrogen-bond acceptors (Lipinski definition) is 4. The van der Waals surface area contributed by atoms with E-state index in [2.05, 4.69) is 4.98 Å². The molecule has 3 heterocycles. The van der Waals surface area contributed by atoms with Crippen LogP contribution in [-0.4, -0.2) is 19.6 Å². The molecule has 4 rings (SSSR count). The molecule has 24 heavy (non-hydrogen) atoms. The minimum atomic E-state index is -0.112. The van der Waals surface area contributed by atoms with E-state index in [4.69, 9.17) is 9.52 Å². The number of aromatic nitrogens is 2. The van der Waals surface area contributed by atoms with Gasteiger partial charge in [0.25, 0.3) is 0 Å². The molecule has 5 nitrogen and oxygen atoms in total. The van der Waals surface area contributed by atoms with Crippen LogP contribution >= 0.6 is 0 Å². The molecule has 0 atom stereocenters. The molecule has 0 saturated heterocycles. The van der Waals surface area contributed by atoms with E-state index in [1.165, 1.54) is 0 Å². The van der Waals surface area contributed by atoms with Crippen molar-refractivity contribution in [3.8, 4) is 22.6 Å². The molecule has 0 aliphatic rings. The standard InChI is InChI=1S/C19H16N2O3/c22-11-13-2-1-3-14(8-13)17-10-21-9-15(4-7-19(21)20-17)18-6-5-16(12-23)24-18/h1-10,22-23H,11-12H2. The summed E-state index contributed by atoms with van der Waals surface area (Å²) in [6, 6.07) is 15.2. The van der Waals surface area contributed by atoms with Gasteiger partial charge in [0.1, 0.15) is 23.8 Å². The summed E-state index contributed by atoms with van der Waals surface area (Å²) in [6.07, 6.45) is 3.90. The van der Waals surface area contributed by atoms with E-state index in [0.29, 0.717) is 11.5 Å². The number of furan rings is 1. The molecule has 3 aromatic heterocycles. The topological polar surface area (TPSA) is 70.9 Å². The van der Waals surface area contributed by atoms with E-state index in [1.807, 2.05) is 59.3 Å². The molecule has 1 aromatic carbocycles. The summed E-state index contributed by atoms with van der Waals surface area (Å²) in [5.74, 6) is 1.25. The molecule has 0 fully saturated rings. The Morgan fingerprint density at radius 1 is 0.917 bits per heavy atom. The SMILES string of the molecule is OCc1cccc(-c2cn3cc(-c4ccc(CO)o4)ccc3n2)c1. The maximum atomic E-state index is 9.28. The number of aliphatic hydroxyl groups is 2. The quantitative estimate of drug-likeness (QED) is 0.605. The van der Waals surface area contributed by atoms with Crippen molar-refractivity contribution >= 4 is 5.65 Å². The first kappa shape index (κ1) is 14.7. The second kappa shape index (κ2) is 5.96. The molecule has 2 N–H and O–H groups in total. The Bertz CT molecular complexity index is 1000. The van der Waals surface area contributed by atoms with E-state index in [0.717, 1.165) is 28.0 Å². The van der Waals surface area contributed by atoms with Crippen molar-refractivity contribution in [3.05, 3.63) is 72.2 Å². The van der Waals surface area contributed by atoms with E-state index in [-0.39, 0.29) is 13.2 Å². The van der Waals surface area contributed by atoms with Crippen molar-refractivity contribution in [2.24, 2.45) is 0 Å². The summed E-state index contributed by atoms with van der Waals surface area (Å²) >= 11 is 0. The number of pyridine rings is 1. The van der Waals surface area contributed by atoms with Crippen molar-refractivity contribution in [2.75, 3.05) is 0 Å². The van der Waals surface area contributed by atoms with Crippen LogP contribution in [-0.2, 0) is 13.2 Å². The third-order valence-electron chi connectivity index (χ3n) is 3.96. The van der Waals surface area contributed by atoms with Gasteiger partial charge in [0.15, 0.2) is 0 Å². The molecule has 0 aliphatic heterocycles. The Kier molecular flexibility index (Phi) is 3.65. The highest BCUT2D eigenvalue weighted by Gasteiger charge is 2.08. The van der Waals surface area contributed by atoms with Gasteiger partial charge in [-0.15, -0.1) is 0 Å². The monoisotopic (exact) mass is 320 g/mol. The molecule has 120 valence electrons. The van der Waals surface area contributed by atoms with E-state index in [1.54, 1.807) is 6.07 Å². The van der Waals surface area contributed by atoms with Crippen LogP contribution in [0.5, 0.6) is 0 Å². The zero-order valence-electron chi connectivity index (χ0n) is 12.9. The number of aliphatic hydroxyl groups excluding tert-OH is 2. The number of fused-ring (bicyclic) bond motifs is 1. The maximum absolute atomic E-state index is 9.28. The Morgan fingerprint density at radius 3 is 2.62 bits per heavy atom. The molecule has 0 spiro atoms. The Labute approximate surface area is 138 Å². The van der Waals surface area contributed by atoms with Crippen LogP contribution in [0.4, 0.5) is 0 Å². The molecular formula is C19H16N2O3. The number of benzene rings is 1. The molecule has 0 radical (unpaired) electrons. The lowest BCUT2D eigenvalue weighted by Crippen LogP contribution is -1.84. The Balaban J connectivity index is 1.75. The van der Waals surface area contributed by atoms with E-state index in [9.17, 15) is 5.11 Å². The molecule has 0 amide bonds. The third kappa shape index (κ3) is 2.60. The average Bonchev–Trinajstić information content (AvgIpc) is 3.27. The summed E-state index contributed by atoms with van der Waals surface area (Å²) in [5.41, 5.74) is 4.41. The van der Waals surface area contributed by atoms with Gasteiger partial charge in [-0.2, -0.15) is 0 Å². The number of imidazole rings is 1. The minimum Gasteiger partial charge on any atom is -0.459 e. The van der Waals surface area contributed by atoms with Gasteiger partial charge >= 0.3 is 0 Å². The van der Waals surface area contributed by atoms with Gasteiger partial charge in [0.2, 0.25) is 0 Å². The summed E-state index contributed by atoms with van der Waals surface area (Å²) in [4.78, 5) is 4.63. The van der Waals surface area contributed by atoms with Crippen LogP contribution in [0.2, 0.25) is 0 Å². The highest BCUT2D eigenvalue weighted by atomic mass is 16.4. The molecular weight excluding hydrogens is 304 g/mol. The van der Waals surface area contributed by atoms with Crippen LogP contribution in [0.25, 0.3) is 28.2 Å². The van der Waals surface area contributed by atoms with Gasteiger partial charge in [-0.05, 0) is 35.9 Å². The highest BCUT2D eigenvalue weighted by molar-refractivity contribution is 5.66. The van der Waals surface area contributed by atoms with Gasteiger partial charge in [-0.3, -0.25) is 0 Å². The minimum absolute atomic E-state index is 0.0110.